The van der Waals surface area contributed by atoms with Gasteiger partial charge in [-0.25, -0.2) is 9.97 Å². The fourth-order valence-corrected chi connectivity index (χ4v) is 4.60. The molecule has 0 radical (unpaired) electrons. The molecule has 0 amide bonds. The zero-order valence-corrected chi connectivity index (χ0v) is 18.8. The lowest BCUT2D eigenvalue weighted by Gasteiger charge is -2.45. The number of hydrogen-bond donors (Lipinski definition) is 3. The van der Waals surface area contributed by atoms with Crippen LogP contribution in [0.4, 0.5) is 17.6 Å². The van der Waals surface area contributed by atoms with Crippen molar-refractivity contribution in [3.63, 3.8) is 0 Å². The predicted octanol–water partition coefficient (Wildman–Crippen LogP) is 3.54. The van der Waals surface area contributed by atoms with E-state index in [1.54, 1.807) is 12.4 Å². The Hall–Kier alpha value is -3.32. The lowest BCUT2D eigenvalue weighted by molar-refractivity contribution is 0.0735. The molecule has 0 saturated carbocycles. The van der Waals surface area contributed by atoms with E-state index >= 15 is 0 Å². The van der Waals surface area contributed by atoms with Crippen LogP contribution in [0.1, 0.15) is 51.6 Å². The number of fused-ring (bicyclic) bond motifs is 1. The van der Waals surface area contributed by atoms with Crippen molar-refractivity contribution in [1.29, 1.82) is 5.26 Å². The van der Waals surface area contributed by atoms with Gasteiger partial charge in [0.25, 0.3) is 0 Å². The summed E-state index contributed by atoms with van der Waals surface area (Å²) in [7, 11) is 0. The lowest BCUT2D eigenvalue weighted by atomic mass is 9.88. The van der Waals surface area contributed by atoms with E-state index in [4.69, 9.17) is 10.2 Å². The second-order valence-electron chi connectivity index (χ2n) is 8.27. The molecule has 0 spiro atoms. The summed E-state index contributed by atoms with van der Waals surface area (Å²) in [5, 5.41) is 23.0. The van der Waals surface area contributed by atoms with Crippen molar-refractivity contribution < 1.29 is 0 Å². The van der Waals surface area contributed by atoms with Crippen LogP contribution in [0.15, 0.2) is 18.5 Å². The summed E-state index contributed by atoms with van der Waals surface area (Å²) in [5.74, 6) is 1.76. The Kier molecular flexibility index (Phi) is 6.75. The summed E-state index contributed by atoms with van der Waals surface area (Å²) in [6, 6.07) is 5.32. The third kappa shape index (κ3) is 4.78. The largest absolute Gasteiger partial charge is 0.365 e. The van der Waals surface area contributed by atoms with E-state index in [9.17, 15) is 0 Å². The van der Waals surface area contributed by atoms with Crippen molar-refractivity contribution >= 4 is 28.7 Å². The van der Waals surface area contributed by atoms with E-state index in [0.29, 0.717) is 47.3 Å². The average Bonchev–Trinajstić information content (AvgIpc) is 3.21. The number of rotatable bonds is 8. The molecule has 2 atom stereocenters. The Morgan fingerprint density at radius 1 is 1.16 bits per heavy atom. The minimum absolute atomic E-state index is 0.254. The van der Waals surface area contributed by atoms with Crippen molar-refractivity contribution in [2.24, 2.45) is 0 Å². The topological polar surface area (TPSA) is 131 Å². The number of nitrogens with zero attached hydrogens (tertiary/aromatic N) is 7. The summed E-state index contributed by atoms with van der Waals surface area (Å²) in [6.07, 6.45) is 7.95. The molecule has 10 nitrogen and oxygen atoms in total. The number of hydrogen-bond acceptors (Lipinski definition) is 9. The maximum Gasteiger partial charge on any atom is 0.232 e. The molecule has 0 aliphatic carbocycles. The molecule has 3 aromatic heterocycles. The van der Waals surface area contributed by atoms with Gasteiger partial charge in [0.05, 0.1) is 6.07 Å². The van der Waals surface area contributed by atoms with Crippen molar-refractivity contribution in [1.82, 2.24) is 35.0 Å². The van der Waals surface area contributed by atoms with Gasteiger partial charge in [0.15, 0.2) is 22.8 Å². The first kappa shape index (κ1) is 21.9. The monoisotopic (exact) mass is 434 g/mol. The molecule has 4 heterocycles. The SMILES string of the molecule is CCC1CC(Nc2nc(Nc3cc(C)[nH]n3)nc3nccnc23)CC(CC)N1CCC#N. The molecule has 32 heavy (non-hydrogen) atoms. The normalized spacial score (nSPS) is 21.4. The Balaban J connectivity index is 1.59. The van der Waals surface area contributed by atoms with Crippen LogP contribution in [0.2, 0.25) is 0 Å². The number of nitriles is 1. The van der Waals surface area contributed by atoms with Crippen LogP contribution in [0, 0.1) is 18.3 Å². The van der Waals surface area contributed by atoms with Crippen LogP contribution >= 0.6 is 0 Å². The average molecular weight is 435 g/mol. The molecule has 1 fully saturated rings. The van der Waals surface area contributed by atoms with Gasteiger partial charge in [-0.05, 0) is 32.6 Å². The minimum Gasteiger partial charge on any atom is -0.365 e. The minimum atomic E-state index is 0.254. The highest BCUT2D eigenvalue weighted by molar-refractivity contribution is 5.83. The zero-order valence-electron chi connectivity index (χ0n) is 18.8. The Bertz CT molecular complexity index is 1070. The van der Waals surface area contributed by atoms with Gasteiger partial charge < -0.3 is 10.6 Å². The summed E-state index contributed by atoms with van der Waals surface area (Å²) >= 11 is 0. The smallest absolute Gasteiger partial charge is 0.232 e. The molecule has 3 aromatic rings. The Labute approximate surface area is 187 Å². The van der Waals surface area contributed by atoms with Gasteiger partial charge in [-0.1, -0.05) is 13.8 Å². The van der Waals surface area contributed by atoms with Gasteiger partial charge >= 0.3 is 0 Å². The molecule has 0 aromatic carbocycles. The molecule has 2 unspecified atom stereocenters. The van der Waals surface area contributed by atoms with Crippen LogP contribution in [0.5, 0.6) is 0 Å². The van der Waals surface area contributed by atoms with E-state index in [1.807, 2.05) is 13.0 Å². The first-order valence-electron chi connectivity index (χ1n) is 11.3. The quantitative estimate of drug-likeness (QED) is 0.487. The highest BCUT2D eigenvalue weighted by Crippen LogP contribution is 2.30. The van der Waals surface area contributed by atoms with Crippen molar-refractivity contribution in [3.8, 4) is 6.07 Å². The number of likely N-dealkylation sites (tertiary alicyclic amines) is 1. The molecule has 10 heteroatoms. The van der Waals surface area contributed by atoms with E-state index in [0.717, 1.165) is 37.9 Å². The standard InChI is InChI=1S/C22H30N10/c1-4-16-12-15(13-17(5-2)32(16)10-6-7-23)26-21-19-20(25-9-8-24-19)28-22(29-21)27-18-11-14(3)30-31-18/h8-9,11,15-17H,4-6,10,12-13H2,1-3H3,(H3,25,26,27,28,29,30,31). The first-order valence-corrected chi connectivity index (χ1v) is 11.3. The van der Waals surface area contributed by atoms with E-state index < -0.39 is 0 Å². The molecule has 1 aliphatic heterocycles. The summed E-state index contributed by atoms with van der Waals surface area (Å²) < 4.78 is 0. The number of aryl methyl sites for hydroxylation is 1. The fraction of sp³-hybridized carbons (Fsp3) is 0.545. The second kappa shape index (κ2) is 9.87. The lowest BCUT2D eigenvalue weighted by Crippen LogP contribution is -2.52. The van der Waals surface area contributed by atoms with Crippen molar-refractivity contribution in [2.75, 3.05) is 17.2 Å². The van der Waals surface area contributed by atoms with E-state index in [-0.39, 0.29) is 6.04 Å². The van der Waals surface area contributed by atoms with Gasteiger partial charge in [0.1, 0.15) is 0 Å². The van der Waals surface area contributed by atoms with Gasteiger partial charge in [-0.3, -0.25) is 10.00 Å². The molecule has 0 bridgehead atoms. The maximum absolute atomic E-state index is 9.07. The molecule has 1 aliphatic rings. The second-order valence-corrected chi connectivity index (χ2v) is 8.27. The van der Waals surface area contributed by atoms with Crippen molar-refractivity contribution in [3.05, 3.63) is 24.2 Å². The summed E-state index contributed by atoms with van der Waals surface area (Å²) in [4.78, 5) is 20.6. The molecular weight excluding hydrogens is 404 g/mol. The third-order valence-corrected chi connectivity index (χ3v) is 6.09. The van der Waals surface area contributed by atoms with E-state index in [2.05, 4.69) is 60.6 Å². The first-order chi connectivity index (χ1) is 15.6. The number of nitrogens with one attached hydrogen (secondary N) is 3. The van der Waals surface area contributed by atoms with Crippen LogP contribution in [0.3, 0.4) is 0 Å². The molecular formula is C22H30N10. The van der Waals surface area contributed by atoms with Gasteiger partial charge in [-0.15, -0.1) is 0 Å². The molecule has 1 saturated heterocycles. The van der Waals surface area contributed by atoms with Crippen LogP contribution in [-0.4, -0.2) is 59.7 Å². The molecule has 168 valence electrons. The van der Waals surface area contributed by atoms with Gasteiger partial charge in [0, 0.05) is 55.2 Å². The maximum atomic E-state index is 9.07. The number of anilines is 3. The van der Waals surface area contributed by atoms with Crippen molar-refractivity contribution in [2.45, 2.75) is 71.0 Å². The van der Waals surface area contributed by atoms with Gasteiger partial charge in [-0.2, -0.15) is 20.3 Å². The molecule has 4 rings (SSSR count). The Morgan fingerprint density at radius 2 is 1.91 bits per heavy atom. The molecule has 3 N–H and O–H groups in total. The van der Waals surface area contributed by atoms with E-state index in [1.165, 1.54) is 0 Å². The Morgan fingerprint density at radius 3 is 2.56 bits per heavy atom. The van der Waals surface area contributed by atoms with Crippen LogP contribution < -0.4 is 10.6 Å². The van der Waals surface area contributed by atoms with Crippen LogP contribution in [-0.2, 0) is 0 Å². The zero-order chi connectivity index (χ0) is 22.5. The number of aromatic amines is 1. The van der Waals surface area contributed by atoms with Gasteiger partial charge in [0.2, 0.25) is 5.95 Å². The van der Waals surface area contributed by atoms with Crippen LogP contribution in [0.25, 0.3) is 11.2 Å². The third-order valence-electron chi connectivity index (χ3n) is 6.09. The highest BCUT2D eigenvalue weighted by atomic mass is 15.3. The summed E-state index contributed by atoms with van der Waals surface area (Å²) in [6.45, 7) is 7.21. The number of H-pyrrole nitrogens is 1. The predicted molar refractivity (Wildman–Crippen MR) is 123 cm³/mol. The number of aromatic nitrogens is 6. The number of piperidine rings is 1. The fourth-order valence-electron chi connectivity index (χ4n) is 4.60. The highest BCUT2D eigenvalue weighted by Gasteiger charge is 2.34. The summed E-state index contributed by atoms with van der Waals surface area (Å²) in [5.41, 5.74) is 2.14.